The molecule has 0 nitrogen and oxygen atoms in total. The van der Waals surface area contributed by atoms with Crippen molar-refractivity contribution in [2.75, 3.05) is 0 Å². The van der Waals surface area contributed by atoms with Crippen LogP contribution in [0.25, 0.3) is 0 Å². The number of hydrogen-bond acceptors (Lipinski definition) is 0. The molecule has 65 valence electrons. The molecule has 2 aliphatic carbocycles. The fourth-order valence-corrected chi connectivity index (χ4v) is 2.44. The van der Waals surface area contributed by atoms with Gasteiger partial charge in [-0.15, -0.1) is 0 Å². The van der Waals surface area contributed by atoms with Gasteiger partial charge in [-0.3, -0.25) is 0 Å². The lowest BCUT2D eigenvalue weighted by Crippen LogP contribution is -2.08. The molecule has 0 spiro atoms. The summed E-state index contributed by atoms with van der Waals surface area (Å²) in [5.41, 5.74) is 3.28. The van der Waals surface area contributed by atoms with Crippen LogP contribution in [0.2, 0.25) is 0 Å². The first kappa shape index (κ1) is 8.10. The standard InChI is InChI=1S/C12H17/c1-2-5-10-6-3-7-11-8-4-9-12(10)11/h4,8-10H,2-3,5-7H2,1H3. The van der Waals surface area contributed by atoms with Gasteiger partial charge >= 0.3 is 0 Å². The zero-order valence-corrected chi connectivity index (χ0v) is 7.84. The lowest BCUT2D eigenvalue weighted by atomic mass is 9.82. The van der Waals surface area contributed by atoms with Crippen LogP contribution in [0.3, 0.4) is 0 Å². The predicted molar refractivity (Wildman–Crippen MR) is 52.7 cm³/mol. The first-order valence-electron chi connectivity index (χ1n) is 5.16. The largest absolute Gasteiger partial charge is 0.0761 e. The first-order chi connectivity index (χ1) is 5.92. The maximum Gasteiger partial charge on any atom is 0.00865 e. The number of rotatable bonds is 2. The predicted octanol–water partition coefficient (Wildman–Crippen LogP) is 3.66. The van der Waals surface area contributed by atoms with Gasteiger partial charge in [0.05, 0.1) is 0 Å². The Balaban J connectivity index is 2.13. The van der Waals surface area contributed by atoms with E-state index in [1.807, 2.05) is 0 Å². The van der Waals surface area contributed by atoms with E-state index in [2.05, 4.69) is 25.5 Å². The molecule has 0 heterocycles. The van der Waals surface area contributed by atoms with Gasteiger partial charge in [-0.2, -0.15) is 0 Å². The molecule has 0 fully saturated rings. The van der Waals surface area contributed by atoms with Crippen molar-refractivity contribution in [1.29, 1.82) is 0 Å². The number of hydrogen-bond donors (Lipinski definition) is 0. The third kappa shape index (κ3) is 1.35. The quantitative estimate of drug-likeness (QED) is 0.580. The van der Waals surface area contributed by atoms with Gasteiger partial charge in [0.1, 0.15) is 0 Å². The Hall–Kier alpha value is -0.520. The summed E-state index contributed by atoms with van der Waals surface area (Å²) in [6.45, 7) is 2.29. The van der Waals surface area contributed by atoms with Crippen LogP contribution in [0.1, 0.15) is 39.0 Å². The van der Waals surface area contributed by atoms with E-state index in [-0.39, 0.29) is 0 Å². The highest BCUT2D eigenvalue weighted by molar-refractivity contribution is 5.44. The van der Waals surface area contributed by atoms with E-state index in [1.54, 1.807) is 11.1 Å². The van der Waals surface area contributed by atoms with Gasteiger partial charge in [-0.05, 0) is 37.2 Å². The zero-order chi connectivity index (χ0) is 8.39. The topological polar surface area (TPSA) is 0 Å². The molecule has 0 saturated carbocycles. The van der Waals surface area contributed by atoms with Crippen molar-refractivity contribution >= 4 is 0 Å². The van der Waals surface area contributed by atoms with E-state index in [9.17, 15) is 0 Å². The van der Waals surface area contributed by atoms with Crippen LogP contribution in [0.15, 0.2) is 23.3 Å². The summed E-state index contributed by atoms with van der Waals surface area (Å²) in [7, 11) is 0. The summed E-state index contributed by atoms with van der Waals surface area (Å²) < 4.78 is 0. The Morgan fingerprint density at radius 3 is 3.25 bits per heavy atom. The molecule has 2 rings (SSSR count). The maximum absolute atomic E-state index is 2.33. The Labute approximate surface area is 75.4 Å². The molecular weight excluding hydrogens is 144 g/mol. The molecule has 0 bridgehead atoms. The van der Waals surface area contributed by atoms with E-state index in [1.165, 1.54) is 32.1 Å². The summed E-state index contributed by atoms with van der Waals surface area (Å²) in [6, 6.07) is 0. The van der Waals surface area contributed by atoms with Crippen molar-refractivity contribution in [2.45, 2.75) is 39.0 Å². The zero-order valence-electron chi connectivity index (χ0n) is 7.84. The first-order valence-corrected chi connectivity index (χ1v) is 5.16. The monoisotopic (exact) mass is 161 g/mol. The molecule has 0 amide bonds. The molecule has 0 heteroatoms. The minimum Gasteiger partial charge on any atom is -0.0761 e. The third-order valence-electron chi connectivity index (χ3n) is 3.02. The minimum atomic E-state index is 0.883. The maximum atomic E-state index is 2.33. The Bertz CT molecular complexity index is 220. The van der Waals surface area contributed by atoms with Gasteiger partial charge in [-0.1, -0.05) is 31.1 Å². The van der Waals surface area contributed by atoms with Crippen LogP contribution in [-0.4, -0.2) is 0 Å². The molecule has 0 aliphatic heterocycles. The summed E-state index contributed by atoms with van der Waals surface area (Å²) in [5, 5.41) is 0. The SMILES string of the molecule is CCCC1CCCC2=C1C=C[CH]2. The molecule has 1 atom stereocenters. The fraction of sp³-hybridized carbons (Fsp3) is 0.583. The van der Waals surface area contributed by atoms with Crippen molar-refractivity contribution in [2.24, 2.45) is 5.92 Å². The molecule has 0 aromatic rings. The summed E-state index contributed by atoms with van der Waals surface area (Å²) in [6.07, 6.45) is 13.7. The number of allylic oxidation sites excluding steroid dienone is 4. The van der Waals surface area contributed by atoms with Crippen molar-refractivity contribution in [3.8, 4) is 0 Å². The van der Waals surface area contributed by atoms with Gasteiger partial charge in [0.2, 0.25) is 0 Å². The molecule has 2 aliphatic rings. The molecule has 12 heavy (non-hydrogen) atoms. The van der Waals surface area contributed by atoms with E-state index in [4.69, 9.17) is 0 Å². The second-order valence-corrected chi connectivity index (χ2v) is 3.88. The molecule has 1 radical (unpaired) electrons. The van der Waals surface area contributed by atoms with Gasteiger partial charge in [0.25, 0.3) is 0 Å². The smallest absolute Gasteiger partial charge is 0.00865 e. The van der Waals surface area contributed by atoms with Gasteiger partial charge in [0.15, 0.2) is 0 Å². The van der Waals surface area contributed by atoms with E-state index in [0.717, 1.165) is 5.92 Å². The molecule has 0 aromatic carbocycles. The molecular formula is C12H17. The Morgan fingerprint density at radius 1 is 1.50 bits per heavy atom. The molecule has 1 unspecified atom stereocenters. The van der Waals surface area contributed by atoms with Crippen molar-refractivity contribution in [3.63, 3.8) is 0 Å². The van der Waals surface area contributed by atoms with Crippen molar-refractivity contribution < 1.29 is 0 Å². The molecule has 0 N–H and O–H groups in total. The fourth-order valence-electron chi connectivity index (χ4n) is 2.44. The van der Waals surface area contributed by atoms with Crippen molar-refractivity contribution in [3.05, 3.63) is 29.7 Å². The lowest BCUT2D eigenvalue weighted by Gasteiger charge is -2.23. The van der Waals surface area contributed by atoms with Crippen molar-refractivity contribution in [1.82, 2.24) is 0 Å². The second-order valence-electron chi connectivity index (χ2n) is 3.88. The van der Waals surface area contributed by atoms with Crippen LogP contribution in [0.5, 0.6) is 0 Å². The lowest BCUT2D eigenvalue weighted by molar-refractivity contribution is 0.475. The summed E-state index contributed by atoms with van der Waals surface area (Å²) >= 11 is 0. The summed E-state index contributed by atoms with van der Waals surface area (Å²) in [5.74, 6) is 0.883. The molecule has 0 aromatic heterocycles. The highest BCUT2D eigenvalue weighted by atomic mass is 14.3. The van der Waals surface area contributed by atoms with Gasteiger partial charge < -0.3 is 0 Å². The van der Waals surface area contributed by atoms with E-state index >= 15 is 0 Å². The van der Waals surface area contributed by atoms with Gasteiger partial charge in [0, 0.05) is 6.42 Å². The molecule has 0 saturated heterocycles. The third-order valence-corrected chi connectivity index (χ3v) is 3.02. The minimum absolute atomic E-state index is 0.883. The van der Waals surface area contributed by atoms with Crippen LogP contribution in [0, 0.1) is 12.3 Å². The van der Waals surface area contributed by atoms with Crippen LogP contribution >= 0.6 is 0 Å². The second kappa shape index (κ2) is 3.47. The van der Waals surface area contributed by atoms with Gasteiger partial charge in [-0.25, -0.2) is 0 Å². The van der Waals surface area contributed by atoms with E-state index in [0.29, 0.717) is 0 Å². The summed E-state index contributed by atoms with van der Waals surface area (Å²) in [4.78, 5) is 0. The average molecular weight is 161 g/mol. The Kier molecular flexibility index (Phi) is 2.34. The highest BCUT2D eigenvalue weighted by Gasteiger charge is 2.22. The van der Waals surface area contributed by atoms with Crippen LogP contribution in [-0.2, 0) is 0 Å². The normalized spacial score (nSPS) is 27.9. The highest BCUT2D eigenvalue weighted by Crippen LogP contribution is 2.38. The Morgan fingerprint density at radius 2 is 2.42 bits per heavy atom. The van der Waals surface area contributed by atoms with Crippen LogP contribution < -0.4 is 0 Å². The van der Waals surface area contributed by atoms with E-state index < -0.39 is 0 Å². The average Bonchev–Trinajstić information content (AvgIpc) is 2.53. The van der Waals surface area contributed by atoms with Crippen LogP contribution in [0.4, 0.5) is 0 Å².